The van der Waals surface area contributed by atoms with Gasteiger partial charge in [0.05, 0.1) is 13.5 Å². The van der Waals surface area contributed by atoms with Gasteiger partial charge in [-0.05, 0) is 24.1 Å². The first-order chi connectivity index (χ1) is 9.67. The van der Waals surface area contributed by atoms with E-state index < -0.39 is 22.0 Å². The molecule has 6 nitrogen and oxygen atoms in total. The zero-order valence-electron chi connectivity index (χ0n) is 12.0. The normalized spacial score (nSPS) is 13.2. The highest BCUT2D eigenvalue weighted by Gasteiger charge is 2.27. The molecule has 8 heteroatoms. The lowest BCUT2D eigenvalue weighted by molar-refractivity contribution is -0.137. The Hall–Kier alpha value is -1.12. The minimum absolute atomic E-state index is 0.0320. The van der Waals surface area contributed by atoms with Gasteiger partial charge < -0.3 is 9.84 Å². The first-order valence-electron chi connectivity index (χ1n) is 6.25. The van der Waals surface area contributed by atoms with Gasteiger partial charge in [-0.3, -0.25) is 4.79 Å². The van der Waals surface area contributed by atoms with Gasteiger partial charge in [-0.2, -0.15) is 0 Å². The van der Waals surface area contributed by atoms with Crippen molar-refractivity contribution in [2.24, 2.45) is 5.92 Å². The summed E-state index contributed by atoms with van der Waals surface area (Å²) in [7, 11) is -2.51. The standard InChI is InChI=1S/C13H18BrNO5S/c1-8(2)10(7-13(16)17)15-21(18,19)12-6-9(14)4-5-11(12)20-3/h4-6,8,10,15H,7H2,1-3H3,(H,16,17). The number of ether oxygens (including phenoxy) is 1. The fraction of sp³-hybridized carbons (Fsp3) is 0.462. The fourth-order valence-corrected chi connectivity index (χ4v) is 3.82. The molecule has 0 radical (unpaired) electrons. The van der Waals surface area contributed by atoms with Crippen LogP contribution in [0.25, 0.3) is 0 Å². The van der Waals surface area contributed by atoms with Gasteiger partial charge in [0.15, 0.2) is 0 Å². The number of hydrogen-bond donors (Lipinski definition) is 2. The van der Waals surface area contributed by atoms with Crippen molar-refractivity contribution in [2.75, 3.05) is 7.11 Å². The van der Waals surface area contributed by atoms with Crippen molar-refractivity contribution in [1.82, 2.24) is 4.72 Å². The summed E-state index contributed by atoms with van der Waals surface area (Å²) < 4.78 is 33.0. The number of aliphatic carboxylic acids is 1. The molecule has 0 bridgehead atoms. The lowest BCUT2D eigenvalue weighted by Gasteiger charge is -2.21. The van der Waals surface area contributed by atoms with Crippen molar-refractivity contribution < 1.29 is 23.1 Å². The van der Waals surface area contributed by atoms with Crippen molar-refractivity contribution in [3.8, 4) is 5.75 Å². The van der Waals surface area contributed by atoms with Crippen molar-refractivity contribution in [2.45, 2.75) is 31.2 Å². The molecular weight excluding hydrogens is 362 g/mol. The maximum atomic E-state index is 12.5. The van der Waals surface area contributed by atoms with Crippen LogP contribution in [0.2, 0.25) is 0 Å². The van der Waals surface area contributed by atoms with E-state index in [4.69, 9.17) is 9.84 Å². The number of methoxy groups -OCH3 is 1. The number of nitrogens with one attached hydrogen (secondary N) is 1. The van der Waals surface area contributed by atoms with Crippen LogP contribution in [-0.2, 0) is 14.8 Å². The van der Waals surface area contributed by atoms with Crippen LogP contribution in [0.3, 0.4) is 0 Å². The summed E-state index contributed by atoms with van der Waals surface area (Å²) in [5, 5.41) is 8.88. The molecule has 0 aromatic heterocycles. The summed E-state index contributed by atoms with van der Waals surface area (Å²) in [5.41, 5.74) is 0. The quantitative estimate of drug-likeness (QED) is 0.757. The number of sulfonamides is 1. The molecule has 0 saturated carbocycles. The minimum atomic E-state index is -3.88. The van der Waals surface area contributed by atoms with E-state index in [0.717, 1.165) is 0 Å². The second-order valence-electron chi connectivity index (χ2n) is 4.86. The molecule has 2 N–H and O–H groups in total. The van der Waals surface area contributed by atoms with Crippen LogP contribution in [0.15, 0.2) is 27.6 Å². The zero-order valence-corrected chi connectivity index (χ0v) is 14.4. The summed E-state index contributed by atoms with van der Waals surface area (Å²) in [4.78, 5) is 10.8. The Morgan fingerprint density at radius 2 is 2.05 bits per heavy atom. The topological polar surface area (TPSA) is 92.7 Å². The molecule has 0 aliphatic carbocycles. The molecule has 0 fully saturated rings. The van der Waals surface area contributed by atoms with E-state index in [9.17, 15) is 13.2 Å². The molecule has 0 spiro atoms. The van der Waals surface area contributed by atoms with E-state index in [0.29, 0.717) is 4.47 Å². The second-order valence-corrected chi connectivity index (χ2v) is 7.46. The third-order valence-corrected chi connectivity index (χ3v) is 4.93. The molecule has 0 saturated heterocycles. The highest BCUT2D eigenvalue weighted by Crippen LogP contribution is 2.27. The monoisotopic (exact) mass is 379 g/mol. The van der Waals surface area contributed by atoms with Gasteiger partial charge in [-0.15, -0.1) is 0 Å². The van der Waals surface area contributed by atoms with Gasteiger partial charge in [-0.25, -0.2) is 13.1 Å². The molecule has 0 aliphatic heterocycles. The summed E-state index contributed by atoms with van der Waals surface area (Å²) in [6, 6.07) is 3.91. The van der Waals surface area contributed by atoms with Crippen LogP contribution in [0.4, 0.5) is 0 Å². The SMILES string of the molecule is COc1ccc(Br)cc1S(=O)(=O)NC(CC(=O)O)C(C)C. The number of rotatable bonds is 7. The number of carboxylic acid groups (broad SMARTS) is 1. The lowest BCUT2D eigenvalue weighted by Crippen LogP contribution is -2.40. The van der Waals surface area contributed by atoms with Crippen molar-refractivity contribution in [3.63, 3.8) is 0 Å². The van der Waals surface area contributed by atoms with Crippen LogP contribution < -0.4 is 9.46 Å². The molecular formula is C13H18BrNO5S. The smallest absolute Gasteiger partial charge is 0.304 e. The van der Waals surface area contributed by atoms with E-state index >= 15 is 0 Å². The largest absolute Gasteiger partial charge is 0.495 e. The summed E-state index contributed by atoms with van der Waals surface area (Å²) in [5.74, 6) is -1.02. The Bertz CT molecular complexity index is 615. The number of carbonyl (C=O) groups is 1. The molecule has 1 aromatic rings. The highest BCUT2D eigenvalue weighted by atomic mass is 79.9. The van der Waals surface area contributed by atoms with E-state index in [1.165, 1.54) is 19.2 Å². The third-order valence-electron chi connectivity index (χ3n) is 2.92. The minimum Gasteiger partial charge on any atom is -0.495 e. The number of hydrogen-bond acceptors (Lipinski definition) is 4. The van der Waals surface area contributed by atoms with E-state index in [2.05, 4.69) is 20.7 Å². The van der Waals surface area contributed by atoms with Gasteiger partial charge in [0.2, 0.25) is 10.0 Å². The summed E-state index contributed by atoms with van der Waals surface area (Å²) in [6.45, 7) is 3.52. The fourth-order valence-electron chi connectivity index (χ4n) is 1.72. The summed E-state index contributed by atoms with van der Waals surface area (Å²) in [6.07, 6.45) is -0.285. The molecule has 0 aliphatic rings. The van der Waals surface area contributed by atoms with Crippen molar-refractivity contribution in [1.29, 1.82) is 0 Å². The predicted molar refractivity (Wildman–Crippen MR) is 81.9 cm³/mol. The van der Waals surface area contributed by atoms with Gasteiger partial charge in [-0.1, -0.05) is 29.8 Å². The van der Waals surface area contributed by atoms with Crippen LogP contribution in [-0.4, -0.2) is 32.6 Å². The Labute approximate surface area is 132 Å². The second kappa shape index (κ2) is 7.24. The summed E-state index contributed by atoms with van der Waals surface area (Å²) >= 11 is 3.21. The van der Waals surface area contributed by atoms with Gasteiger partial charge in [0, 0.05) is 10.5 Å². The van der Waals surface area contributed by atoms with Crippen LogP contribution >= 0.6 is 15.9 Å². The predicted octanol–water partition coefficient (Wildman–Crippen LogP) is 2.24. The van der Waals surface area contributed by atoms with Gasteiger partial charge >= 0.3 is 5.97 Å². The molecule has 0 heterocycles. The zero-order chi connectivity index (χ0) is 16.2. The Kier molecular flexibility index (Phi) is 6.18. The van der Waals surface area contributed by atoms with E-state index in [-0.39, 0.29) is 23.0 Å². The third kappa shape index (κ3) is 4.98. The van der Waals surface area contributed by atoms with Crippen molar-refractivity contribution in [3.05, 3.63) is 22.7 Å². The average molecular weight is 380 g/mol. The molecule has 21 heavy (non-hydrogen) atoms. The Morgan fingerprint density at radius 1 is 1.43 bits per heavy atom. The number of benzene rings is 1. The average Bonchev–Trinajstić information content (AvgIpc) is 2.37. The molecule has 0 amide bonds. The molecule has 1 rings (SSSR count). The molecule has 1 unspecified atom stereocenters. The van der Waals surface area contributed by atoms with Gasteiger partial charge in [0.25, 0.3) is 0 Å². The van der Waals surface area contributed by atoms with Crippen LogP contribution in [0.1, 0.15) is 20.3 Å². The van der Waals surface area contributed by atoms with E-state index in [1.54, 1.807) is 19.9 Å². The number of carboxylic acids is 1. The van der Waals surface area contributed by atoms with Gasteiger partial charge in [0.1, 0.15) is 10.6 Å². The number of halogens is 1. The molecule has 1 aromatic carbocycles. The molecule has 118 valence electrons. The maximum Gasteiger partial charge on any atom is 0.304 e. The highest BCUT2D eigenvalue weighted by molar-refractivity contribution is 9.10. The van der Waals surface area contributed by atoms with Crippen LogP contribution in [0, 0.1) is 5.92 Å². The Balaban J connectivity index is 3.15. The van der Waals surface area contributed by atoms with E-state index in [1.807, 2.05) is 0 Å². The molecule has 1 atom stereocenters. The first kappa shape index (κ1) is 17.9. The Morgan fingerprint density at radius 3 is 2.52 bits per heavy atom. The van der Waals surface area contributed by atoms with Crippen LogP contribution in [0.5, 0.6) is 5.75 Å². The maximum absolute atomic E-state index is 12.5. The lowest BCUT2D eigenvalue weighted by atomic mass is 10.0. The van der Waals surface area contributed by atoms with Crippen molar-refractivity contribution >= 4 is 31.9 Å². The first-order valence-corrected chi connectivity index (χ1v) is 8.52.